The molecule has 0 spiro atoms. The fourth-order valence-electron chi connectivity index (χ4n) is 2.33. The van der Waals surface area contributed by atoms with E-state index in [-0.39, 0.29) is 0 Å². The van der Waals surface area contributed by atoms with Gasteiger partial charge in [0.15, 0.2) is 5.16 Å². The van der Waals surface area contributed by atoms with Gasteiger partial charge in [-0.1, -0.05) is 11.8 Å². The molecule has 1 aromatic rings. The maximum atomic E-state index is 4.21. The molecule has 0 aliphatic heterocycles. The third-order valence-corrected chi connectivity index (χ3v) is 4.36. The minimum Gasteiger partial charge on any atom is -0.340 e. The van der Waals surface area contributed by atoms with E-state index in [2.05, 4.69) is 15.3 Å². The van der Waals surface area contributed by atoms with Crippen molar-refractivity contribution in [2.24, 2.45) is 11.8 Å². The molecule has 3 rings (SSSR count). The van der Waals surface area contributed by atoms with Gasteiger partial charge in [-0.05, 0) is 37.5 Å². The standard InChI is InChI=1S/C12H19N3S/c1-2-9(1)11(10-3-4-10)13-7-8-16-12-14-5-6-15-12/h5-6,9-11,13H,1-4,7-8H2,(H,14,15). The highest BCUT2D eigenvalue weighted by Crippen LogP contribution is 2.44. The first-order chi connectivity index (χ1) is 7.93. The van der Waals surface area contributed by atoms with E-state index in [4.69, 9.17) is 0 Å². The van der Waals surface area contributed by atoms with Crippen molar-refractivity contribution < 1.29 is 0 Å². The Kier molecular flexibility index (Phi) is 3.20. The zero-order valence-corrected chi connectivity index (χ0v) is 10.3. The molecule has 0 radical (unpaired) electrons. The molecule has 0 aromatic carbocycles. The van der Waals surface area contributed by atoms with Crippen molar-refractivity contribution in [3.63, 3.8) is 0 Å². The van der Waals surface area contributed by atoms with Crippen LogP contribution in [0.3, 0.4) is 0 Å². The van der Waals surface area contributed by atoms with Gasteiger partial charge in [-0.15, -0.1) is 0 Å². The van der Waals surface area contributed by atoms with Gasteiger partial charge in [0.2, 0.25) is 0 Å². The van der Waals surface area contributed by atoms with Crippen molar-refractivity contribution in [1.82, 2.24) is 15.3 Å². The molecule has 0 bridgehead atoms. The summed E-state index contributed by atoms with van der Waals surface area (Å²) in [6.45, 7) is 1.11. The summed E-state index contributed by atoms with van der Waals surface area (Å²) < 4.78 is 0. The fourth-order valence-corrected chi connectivity index (χ4v) is 3.03. The van der Waals surface area contributed by atoms with E-state index in [1.807, 2.05) is 12.4 Å². The van der Waals surface area contributed by atoms with Gasteiger partial charge < -0.3 is 10.3 Å². The van der Waals surface area contributed by atoms with Gasteiger partial charge in [-0.25, -0.2) is 4.98 Å². The lowest BCUT2D eigenvalue weighted by atomic mass is 10.1. The van der Waals surface area contributed by atoms with Gasteiger partial charge in [-0.2, -0.15) is 0 Å². The Morgan fingerprint density at radius 3 is 2.69 bits per heavy atom. The van der Waals surface area contributed by atoms with E-state index < -0.39 is 0 Å². The van der Waals surface area contributed by atoms with E-state index in [1.54, 1.807) is 11.8 Å². The van der Waals surface area contributed by atoms with E-state index in [1.165, 1.54) is 25.7 Å². The van der Waals surface area contributed by atoms with E-state index in [9.17, 15) is 0 Å². The number of imidazole rings is 1. The number of rotatable bonds is 7. The highest BCUT2D eigenvalue weighted by molar-refractivity contribution is 7.99. The van der Waals surface area contributed by atoms with Crippen LogP contribution < -0.4 is 5.32 Å². The number of nitrogens with zero attached hydrogens (tertiary/aromatic N) is 1. The summed E-state index contributed by atoms with van der Waals surface area (Å²) in [4.78, 5) is 7.33. The van der Waals surface area contributed by atoms with Gasteiger partial charge in [-0.3, -0.25) is 0 Å². The molecule has 4 heteroatoms. The summed E-state index contributed by atoms with van der Waals surface area (Å²) in [6.07, 6.45) is 9.53. The molecule has 2 N–H and O–H groups in total. The Labute approximate surface area is 101 Å². The van der Waals surface area contributed by atoms with Crippen LogP contribution in [-0.4, -0.2) is 28.3 Å². The highest BCUT2D eigenvalue weighted by Gasteiger charge is 2.40. The maximum Gasteiger partial charge on any atom is 0.165 e. The molecule has 88 valence electrons. The number of aromatic amines is 1. The topological polar surface area (TPSA) is 40.7 Å². The second kappa shape index (κ2) is 4.80. The summed E-state index contributed by atoms with van der Waals surface area (Å²) in [6, 6.07) is 0.831. The van der Waals surface area contributed by atoms with Crippen molar-refractivity contribution in [3.8, 4) is 0 Å². The Morgan fingerprint density at radius 2 is 2.12 bits per heavy atom. The minimum absolute atomic E-state index is 0.831. The van der Waals surface area contributed by atoms with Crippen molar-refractivity contribution in [2.45, 2.75) is 36.9 Å². The molecule has 2 aliphatic carbocycles. The SMILES string of the molecule is c1c[nH]c(SCCNC(C2CC2)C2CC2)n1. The number of thioether (sulfide) groups is 1. The van der Waals surface area contributed by atoms with Crippen LogP contribution in [-0.2, 0) is 0 Å². The monoisotopic (exact) mass is 237 g/mol. The molecule has 1 aromatic heterocycles. The lowest BCUT2D eigenvalue weighted by Crippen LogP contribution is -2.34. The number of nitrogens with one attached hydrogen (secondary N) is 2. The van der Waals surface area contributed by atoms with Gasteiger partial charge in [0.1, 0.15) is 0 Å². The molecule has 2 fully saturated rings. The van der Waals surface area contributed by atoms with Crippen LogP contribution >= 0.6 is 11.8 Å². The van der Waals surface area contributed by atoms with Crippen LogP contribution in [0.15, 0.2) is 17.6 Å². The zero-order chi connectivity index (χ0) is 10.8. The average Bonchev–Trinajstić information content (AvgIpc) is 3.20. The Hall–Kier alpha value is -0.480. The molecular weight excluding hydrogens is 218 g/mol. The Bertz CT molecular complexity index is 305. The van der Waals surface area contributed by atoms with Crippen molar-refractivity contribution >= 4 is 11.8 Å². The van der Waals surface area contributed by atoms with Crippen LogP contribution in [0.2, 0.25) is 0 Å². The number of H-pyrrole nitrogens is 1. The van der Waals surface area contributed by atoms with E-state index in [0.29, 0.717) is 0 Å². The van der Waals surface area contributed by atoms with E-state index >= 15 is 0 Å². The largest absolute Gasteiger partial charge is 0.340 e. The predicted molar refractivity (Wildman–Crippen MR) is 66.6 cm³/mol. The number of hydrogen-bond donors (Lipinski definition) is 2. The molecule has 3 nitrogen and oxygen atoms in total. The number of aromatic nitrogens is 2. The molecular formula is C12H19N3S. The summed E-state index contributed by atoms with van der Waals surface area (Å²) in [5, 5.41) is 4.78. The molecule has 0 atom stereocenters. The Balaban J connectivity index is 1.35. The van der Waals surface area contributed by atoms with Crippen LogP contribution in [0.4, 0.5) is 0 Å². The molecule has 2 aliphatic rings. The smallest absolute Gasteiger partial charge is 0.165 e. The van der Waals surface area contributed by atoms with Gasteiger partial charge in [0.25, 0.3) is 0 Å². The van der Waals surface area contributed by atoms with E-state index in [0.717, 1.165) is 35.3 Å². The average molecular weight is 237 g/mol. The Morgan fingerprint density at radius 1 is 1.38 bits per heavy atom. The quantitative estimate of drug-likeness (QED) is 0.564. The third-order valence-electron chi connectivity index (χ3n) is 3.45. The molecule has 16 heavy (non-hydrogen) atoms. The van der Waals surface area contributed by atoms with Crippen molar-refractivity contribution in [3.05, 3.63) is 12.4 Å². The second-order valence-electron chi connectivity index (χ2n) is 4.90. The first kappa shape index (κ1) is 10.7. The lowest BCUT2D eigenvalue weighted by Gasteiger charge is -2.17. The van der Waals surface area contributed by atoms with Crippen molar-refractivity contribution in [1.29, 1.82) is 0 Å². The molecule has 1 heterocycles. The minimum atomic E-state index is 0.831. The first-order valence-electron chi connectivity index (χ1n) is 6.29. The van der Waals surface area contributed by atoms with Crippen LogP contribution in [0.5, 0.6) is 0 Å². The zero-order valence-electron chi connectivity index (χ0n) is 9.48. The summed E-state index contributed by atoms with van der Waals surface area (Å²) in [5.74, 6) is 3.12. The normalized spacial score (nSPS) is 20.6. The molecule has 0 saturated heterocycles. The second-order valence-corrected chi connectivity index (χ2v) is 5.98. The third kappa shape index (κ3) is 2.80. The fraction of sp³-hybridized carbons (Fsp3) is 0.750. The van der Waals surface area contributed by atoms with Gasteiger partial charge in [0, 0.05) is 30.7 Å². The number of hydrogen-bond acceptors (Lipinski definition) is 3. The van der Waals surface area contributed by atoms with Gasteiger partial charge >= 0.3 is 0 Å². The highest BCUT2D eigenvalue weighted by atomic mass is 32.2. The predicted octanol–water partition coefficient (Wildman–Crippen LogP) is 2.28. The van der Waals surface area contributed by atoms with Crippen LogP contribution in [0.25, 0.3) is 0 Å². The summed E-state index contributed by atoms with van der Waals surface area (Å²) in [5.41, 5.74) is 0. The maximum absolute atomic E-state index is 4.21. The molecule has 0 amide bonds. The summed E-state index contributed by atoms with van der Waals surface area (Å²) in [7, 11) is 0. The van der Waals surface area contributed by atoms with Gasteiger partial charge in [0.05, 0.1) is 0 Å². The summed E-state index contributed by atoms with van der Waals surface area (Å²) >= 11 is 1.80. The van der Waals surface area contributed by atoms with Crippen LogP contribution in [0.1, 0.15) is 25.7 Å². The van der Waals surface area contributed by atoms with Crippen molar-refractivity contribution in [2.75, 3.05) is 12.3 Å². The van der Waals surface area contributed by atoms with Crippen LogP contribution in [0, 0.1) is 11.8 Å². The molecule has 2 saturated carbocycles. The lowest BCUT2D eigenvalue weighted by molar-refractivity contribution is 0.429. The first-order valence-corrected chi connectivity index (χ1v) is 7.27. The molecule has 0 unspecified atom stereocenters.